The standard InChI is InChI=1S/C32H42N6O5.C18H31NO.C14H12N5O4/c1-4-5-6-7-8-9-10-11-20-37(21-22-39)27-16-12-25(13-17-27)33-35-29-23-32(43-3)30(24-31(29)42-2)36-34-26-14-18-28(19-15-26)38(40)41;1-2-3-4-5-6-7-8-12-15-19(16-17-20)18-13-10-9-11-14-18;1-22-13-8-12(14(23-2)7-11(13)16-15)18-17-9-3-5-10(6-4-9)19(20)21/h12-19,23-24,39H,4-11,20-22H2,1-3H3;9-11,13-14,20H,2-8,12,15-17H2,1H3;3-8H,1-2H3/q;;+1. The van der Waals surface area contributed by atoms with Gasteiger partial charge in [-0.1, -0.05) is 122 Å². The number of unbranched alkanes of at least 4 members (excludes halogenated alkanes) is 14. The molecule has 86 heavy (non-hydrogen) atoms. The summed E-state index contributed by atoms with van der Waals surface area (Å²) in [5.74, 6) is 1.48. The van der Waals surface area contributed by atoms with Crippen molar-refractivity contribution in [3.05, 3.63) is 153 Å². The Hall–Kier alpha value is -8.94. The van der Waals surface area contributed by atoms with E-state index < -0.39 is 9.85 Å². The van der Waals surface area contributed by atoms with Crippen molar-refractivity contribution in [1.82, 2.24) is 0 Å². The van der Waals surface area contributed by atoms with Crippen molar-refractivity contribution in [2.24, 2.45) is 30.7 Å². The second kappa shape index (κ2) is 41.1. The molecule has 0 atom stereocenters. The third-order valence-corrected chi connectivity index (χ3v) is 13.6. The van der Waals surface area contributed by atoms with Crippen LogP contribution < -0.4 is 28.7 Å². The molecule has 0 fully saturated rings. The molecule has 2 N–H and O–H groups in total. The molecular weight excluding hydrogens is 1100 g/mol. The predicted molar refractivity (Wildman–Crippen MR) is 339 cm³/mol. The van der Waals surface area contributed by atoms with E-state index in [-0.39, 0.29) is 30.3 Å². The summed E-state index contributed by atoms with van der Waals surface area (Å²) in [5, 5.41) is 74.3. The van der Waals surface area contributed by atoms with Crippen LogP contribution in [-0.2, 0) is 0 Å². The molecule has 22 heteroatoms. The van der Waals surface area contributed by atoms with Crippen LogP contribution >= 0.6 is 0 Å². The fraction of sp³-hybridized carbons (Fsp3) is 0.438. The number of non-ortho nitro benzene ring substituents is 2. The number of hydrogen-bond acceptors (Lipinski definition) is 19. The Kier molecular flexibility index (Phi) is 33.3. The smallest absolute Gasteiger partial charge is 0.430 e. The number of aliphatic hydroxyl groups excluding tert-OH is 2. The molecule has 22 nitrogen and oxygen atoms in total. The van der Waals surface area contributed by atoms with Crippen molar-refractivity contribution in [3.63, 3.8) is 0 Å². The van der Waals surface area contributed by atoms with Crippen molar-refractivity contribution in [2.75, 3.05) is 77.6 Å². The van der Waals surface area contributed by atoms with Crippen molar-refractivity contribution >= 4 is 62.6 Å². The van der Waals surface area contributed by atoms with Gasteiger partial charge in [0.2, 0.25) is 11.1 Å². The Labute approximate surface area is 505 Å². The van der Waals surface area contributed by atoms with Crippen molar-refractivity contribution in [1.29, 1.82) is 5.39 Å². The zero-order chi connectivity index (χ0) is 62.2. The molecule has 0 aliphatic heterocycles. The lowest BCUT2D eigenvalue weighted by molar-refractivity contribution is -0.385. The van der Waals surface area contributed by atoms with E-state index in [1.54, 1.807) is 12.1 Å². The number of aliphatic hydroxyl groups is 2. The quantitative estimate of drug-likeness (QED) is 0.0122. The number of methoxy groups -OCH3 is 4. The molecule has 460 valence electrons. The number of diazo groups is 1. The monoisotopic (exact) mass is 1180 g/mol. The van der Waals surface area contributed by atoms with Crippen LogP contribution in [0.15, 0.2) is 158 Å². The topological polar surface area (TPSA) is 272 Å². The second-order valence-electron chi connectivity index (χ2n) is 19.9. The molecule has 0 radical (unpaired) electrons. The Bertz CT molecular complexity index is 3030. The van der Waals surface area contributed by atoms with E-state index in [0.717, 1.165) is 31.7 Å². The van der Waals surface area contributed by atoms with Gasteiger partial charge in [0.05, 0.1) is 74.6 Å². The number of nitro groups is 2. The second-order valence-corrected chi connectivity index (χ2v) is 19.9. The van der Waals surface area contributed by atoms with E-state index >= 15 is 0 Å². The van der Waals surface area contributed by atoms with Gasteiger partial charge in [0.15, 0.2) is 10.7 Å². The van der Waals surface area contributed by atoms with Gasteiger partial charge in [-0.05, 0) is 73.5 Å². The van der Waals surface area contributed by atoms with Crippen LogP contribution in [-0.4, -0.2) is 87.9 Å². The largest absolute Gasteiger partial charge is 0.494 e. The van der Waals surface area contributed by atoms with E-state index in [4.69, 9.17) is 24.3 Å². The van der Waals surface area contributed by atoms with E-state index in [2.05, 4.69) is 83.6 Å². The lowest BCUT2D eigenvalue weighted by Crippen LogP contribution is -2.27. The maximum absolute atomic E-state index is 10.9. The molecule has 0 aliphatic carbocycles. The fourth-order valence-corrected chi connectivity index (χ4v) is 8.88. The van der Waals surface area contributed by atoms with Gasteiger partial charge < -0.3 is 39.0 Å². The molecule has 0 spiro atoms. The van der Waals surface area contributed by atoms with Crippen LogP contribution in [0.1, 0.15) is 117 Å². The van der Waals surface area contributed by atoms with E-state index in [9.17, 15) is 30.4 Å². The summed E-state index contributed by atoms with van der Waals surface area (Å²) in [6.45, 7) is 8.11. The number of para-hydroxylation sites is 1. The number of anilines is 2. The van der Waals surface area contributed by atoms with Crippen LogP contribution in [0, 0.1) is 25.6 Å². The number of nitrogens with zero attached hydrogens (tertiary/aromatic N) is 12. The lowest BCUT2D eigenvalue weighted by Gasteiger charge is -2.24. The highest BCUT2D eigenvalue weighted by atomic mass is 16.6. The van der Waals surface area contributed by atoms with Gasteiger partial charge in [0.25, 0.3) is 11.4 Å². The van der Waals surface area contributed by atoms with Crippen LogP contribution in [0.2, 0.25) is 0 Å². The summed E-state index contributed by atoms with van der Waals surface area (Å²) in [7, 11) is 5.90. The minimum atomic E-state index is -0.494. The Morgan fingerprint density at radius 2 is 0.756 bits per heavy atom. The highest BCUT2D eigenvalue weighted by molar-refractivity contribution is 5.69. The Morgan fingerprint density at radius 3 is 1.09 bits per heavy atom. The van der Waals surface area contributed by atoms with Crippen molar-refractivity contribution in [3.8, 4) is 23.0 Å². The summed E-state index contributed by atoms with van der Waals surface area (Å²) in [6, 6.07) is 35.8. The third-order valence-electron chi connectivity index (χ3n) is 13.6. The number of hydrogen-bond donors (Lipinski definition) is 2. The van der Waals surface area contributed by atoms with E-state index in [1.807, 2.05) is 30.3 Å². The average Bonchev–Trinajstić information content (AvgIpc) is 3.07. The molecular formula is C64H85N12O10+. The number of nitro benzene ring substituents is 2. The zero-order valence-electron chi connectivity index (χ0n) is 50.7. The summed E-state index contributed by atoms with van der Waals surface area (Å²) >= 11 is 0. The van der Waals surface area contributed by atoms with Gasteiger partial charge in [-0.15, -0.1) is 15.3 Å². The van der Waals surface area contributed by atoms with Crippen LogP contribution in [0.3, 0.4) is 0 Å². The number of ether oxygens (including phenoxy) is 4. The normalized spacial score (nSPS) is 10.9. The first-order valence-corrected chi connectivity index (χ1v) is 29.4. The Morgan fingerprint density at radius 1 is 0.430 bits per heavy atom. The van der Waals surface area contributed by atoms with Gasteiger partial charge in [0, 0.05) is 80.0 Å². The zero-order valence-corrected chi connectivity index (χ0v) is 50.7. The lowest BCUT2D eigenvalue weighted by atomic mass is 10.1. The maximum Gasteiger partial charge on any atom is 0.430 e. The average molecular weight is 1180 g/mol. The van der Waals surface area contributed by atoms with E-state index in [1.165, 1.54) is 191 Å². The SMILES string of the molecule is CCCCCCCCCCN(CCO)c1ccc(N=Nc2cc(OC)c(N=Nc3ccc([N+](=O)[O-])cc3)cc2OC)cc1.CCCCCCCCCCN(CCO)c1ccccc1.COc1cc([N+]#N)c(OC)cc1N=Nc1ccc([N+](=O)[O-])cc1. The molecule has 0 amide bonds. The molecule has 0 aromatic heterocycles. The highest BCUT2D eigenvalue weighted by Crippen LogP contribution is 2.42. The number of rotatable bonds is 36. The molecule has 0 unspecified atom stereocenters. The van der Waals surface area contributed by atoms with Crippen LogP contribution in [0.5, 0.6) is 23.0 Å². The number of benzene rings is 6. The minimum absolute atomic E-state index is 0.0242. The van der Waals surface area contributed by atoms with Crippen LogP contribution in [0.4, 0.5) is 62.6 Å². The molecule has 6 aromatic carbocycles. The van der Waals surface area contributed by atoms with Crippen molar-refractivity contribution < 1.29 is 39.0 Å². The summed E-state index contributed by atoms with van der Waals surface area (Å²) in [5.41, 5.74) is 5.18. The summed E-state index contributed by atoms with van der Waals surface area (Å²) in [6.07, 6.45) is 20.9. The highest BCUT2D eigenvalue weighted by Gasteiger charge is 2.20. The minimum Gasteiger partial charge on any atom is -0.494 e. The van der Waals surface area contributed by atoms with Gasteiger partial charge in [-0.2, -0.15) is 15.3 Å². The van der Waals surface area contributed by atoms with Gasteiger partial charge in [0.1, 0.15) is 28.6 Å². The molecule has 0 saturated carbocycles. The first kappa shape index (κ1) is 69.6. The molecule has 0 bridgehead atoms. The number of azo groups is 3. The van der Waals surface area contributed by atoms with Crippen LogP contribution in [0.25, 0.3) is 4.98 Å². The molecule has 6 aromatic rings. The third kappa shape index (κ3) is 25.1. The molecule has 0 saturated heterocycles. The summed E-state index contributed by atoms with van der Waals surface area (Å²) < 4.78 is 21.2. The summed E-state index contributed by atoms with van der Waals surface area (Å²) in [4.78, 5) is 28.1. The molecule has 0 heterocycles. The Balaban J connectivity index is 0.000000308. The first-order chi connectivity index (χ1) is 41.9. The van der Waals surface area contributed by atoms with E-state index in [0.29, 0.717) is 63.7 Å². The van der Waals surface area contributed by atoms with Crippen molar-refractivity contribution in [2.45, 2.75) is 117 Å². The first-order valence-electron chi connectivity index (χ1n) is 29.4. The molecule has 6 rings (SSSR count). The predicted octanol–water partition coefficient (Wildman–Crippen LogP) is 18.5. The van der Waals surface area contributed by atoms with Gasteiger partial charge >= 0.3 is 5.69 Å². The fourth-order valence-electron chi connectivity index (χ4n) is 8.88. The van der Waals surface area contributed by atoms with Gasteiger partial charge in [-0.3, -0.25) is 20.2 Å². The van der Waals surface area contributed by atoms with Gasteiger partial charge in [-0.25, -0.2) is 0 Å². The maximum atomic E-state index is 10.9. The molecule has 0 aliphatic rings.